The fourth-order valence-corrected chi connectivity index (χ4v) is 1.99. The van der Waals surface area contributed by atoms with E-state index in [4.69, 9.17) is 10.00 Å². The van der Waals surface area contributed by atoms with Crippen molar-refractivity contribution in [2.75, 3.05) is 13.1 Å². The molecule has 0 N–H and O–H groups in total. The van der Waals surface area contributed by atoms with Gasteiger partial charge in [0, 0.05) is 25.2 Å². The SMILES string of the molecule is CC(C)(C)OC(=O)N1CCc2cc(C#N)nn2CC1. The lowest BCUT2D eigenvalue weighted by atomic mass is 10.2. The Hall–Kier alpha value is -2.03. The van der Waals surface area contributed by atoms with Gasteiger partial charge in [0.25, 0.3) is 0 Å². The second-order valence-corrected chi connectivity index (χ2v) is 5.57. The lowest BCUT2D eigenvalue weighted by molar-refractivity contribution is 0.0253. The molecule has 102 valence electrons. The highest BCUT2D eigenvalue weighted by molar-refractivity contribution is 5.68. The molecule has 0 fully saturated rings. The zero-order valence-electron chi connectivity index (χ0n) is 11.5. The Kier molecular flexibility index (Phi) is 3.47. The van der Waals surface area contributed by atoms with E-state index in [9.17, 15) is 4.79 Å². The molecule has 0 aromatic carbocycles. The van der Waals surface area contributed by atoms with Gasteiger partial charge in [-0.1, -0.05) is 0 Å². The lowest BCUT2D eigenvalue weighted by Crippen LogP contribution is -2.38. The average molecular weight is 262 g/mol. The molecule has 2 heterocycles. The van der Waals surface area contributed by atoms with E-state index in [1.807, 2.05) is 26.8 Å². The molecule has 6 heteroatoms. The minimum absolute atomic E-state index is 0.293. The summed E-state index contributed by atoms with van der Waals surface area (Å²) in [5, 5.41) is 13.0. The van der Waals surface area contributed by atoms with E-state index in [2.05, 4.69) is 5.10 Å². The maximum absolute atomic E-state index is 12.0. The molecule has 2 rings (SSSR count). The molecular formula is C13H18N4O2. The second-order valence-electron chi connectivity index (χ2n) is 5.57. The van der Waals surface area contributed by atoms with Crippen molar-refractivity contribution in [2.45, 2.75) is 39.3 Å². The molecule has 0 unspecified atom stereocenters. The number of carbonyl (C=O) groups is 1. The van der Waals surface area contributed by atoms with Gasteiger partial charge in [-0.3, -0.25) is 4.68 Å². The molecule has 0 saturated heterocycles. The standard InChI is InChI=1S/C13H18N4O2/c1-13(2,3)19-12(18)16-5-4-11-8-10(9-14)15-17(11)7-6-16/h8H,4-7H2,1-3H3. The summed E-state index contributed by atoms with van der Waals surface area (Å²) < 4.78 is 7.15. The average Bonchev–Trinajstić information content (AvgIpc) is 2.59. The van der Waals surface area contributed by atoms with Gasteiger partial charge < -0.3 is 9.64 Å². The van der Waals surface area contributed by atoms with Crippen molar-refractivity contribution in [3.8, 4) is 6.07 Å². The number of nitriles is 1. The zero-order chi connectivity index (χ0) is 14.0. The van der Waals surface area contributed by atoms with E-state index < -0.39 is 5.60 Å². The number of aromatic nitrogens is 2. The van der Waals surface area contributed by atoms with E-state index in [-0.39, 0.29) is 6.09 Å². The predicted molar refractivity (Wildman–Crippen MR) is 68.5 cm³/mol. The normalized spacial score (nSPS) is 15.4. The smallest absolute Gasteiger partial charge is 0.410 e. The summed E-state index contributed by atoms with van der Waals surface area (Å²) in [4.78, 5) is 13.7. The van der Waals surface area contributed by atoms with Crippen LogP contribution in [0.25, 0.3) is 0 Å². The van der Waals surface area contributed by atoms with E-state index in [0.717, 1.165) is 5.69 Å². The molecule has 1 aromatic rings. The number of fused-ring (bicyclic) bond motifs is 1. The Bertz CT molecular complexity index is 496. The summed E-state index contributed by atoms with van der Waals surface area (Å²) in [7, 11) is 0. The van der Waals surface area contributed by atoms with Crippen LogP contribution in [0.4, 0.5) is 4.79 Å². The van der Waals surface area contributed by atoms with Crippen molar-refractivity contribution in [3.63, 3.8) is 0 Å². The molecule has 1 aliphatic heterocycles. The molecule has 0 bridgehead atoms. The number of hydrogen-bond acceptors (Lipinski definition) is 4. The largest absolute Gasteiger partial charge is 0.444 e. The van der Waals surface area contributed by atoms with E-state index >= 15 is 0 Å². The molecule has 0 saturated carbocycles. The van der Waals surface area contributed by atoms with Crippen LogP contribution in [0.3, 0.4) is 0 Å². The molecule has 0 aliphatic carbocycles. The van der Waals surface area contributed by atoms with Crippen molar-refractivity contribution in [2.24, 2.45) is 0 Å². The van der Waals surface area contributed by atoms with Crippen molar-refractivity contribution >= 4 is 6.09 Å². The van der Waals surface area contributed by atoms with Crippen LogP contribution in [0, 0.1) is 11.3 Å². The Morgan fingerprint density at radius 1 is 1.42 bits per heavy atom. The second kappa shape index (κ2) is 4.92. The molecule has 6 nitrogen and oxygen atoms in total. The lowest BCUT2D eigenvalue weighted by Gasteiger charge is -2.26. The first-order valence-electron chi connectivity index (χ1n) is 6.34. The summed E-state index contributed by atoms with van der Waals surface area (Å²) in [6.45, 7) is 7.29. The first-order valence-corrected chi connectivity index (χ1v) is 6.34. The van der Waals surface area contributed by atoms with Crippen LogP contribution in [0.15, 0.2) is 6.07 Å². The molecule has 0 spiro atoms. The zero-order valence-corrected chi connectivity index (χ0v) is 11.5. The first kappa shape index (κ1) is 13.4. The van der Waals surface area contributed by atoms with Crippen LogP contribution in [-0.2, 0) is 17.7 Å². The molecule has 19 heavy (non-hydrogen) atoms. The van der Waals surface area contributed by atoms with Gasteiger partial charge in [0.2, 0.25) is 0 Å². The van der Waals surface area contributed by atoms with Gasteiger partial charge in [0.05, 0.1) is 6.54 Å². The van der Waals surface area contributed by atoms with Crippen LogP contribution in [0.5, 0.6) is 0 Å². The molecular weight excluding hydrogens is 244 g/mol. The van der Waals surface area contributed by atoms with Gasteiger partial charge >= 0.3 is 6.09 Å². The topological polar surface area (TPSA) is 71.2 Å². The van der Waals surface area contributed by atoms with Crippen LogP contribution in [0.1, 0.15) is 32.2 Å². The molecule has 1 aliphatic rings. The third-order valence-corrected chi connectivity index (χ3v) is 2.85. The number of ether oxygens (including phenoxy) is 1. The molecule has 0 radical (unpaired) electrons. The van der Waals surface area contributed by atoms with Gasteiger partial charge in [-0.15, -0.1) is 0 Å². The third-order valence-electron chi connectivity index (χ3n) is 2.85. The van der Waals surface area contributed by atoms with Crippen molar-refractivity contribution in [1.29, 1.82) is 5.26 Å². The number of rotatable bonds is 0. The first-order chi connectivity index (χ1) is 8.89. The number of nitrogens with zero attached hydrogens (tertiary/aromatic N) is 4. The quantitative estimate of drug-likeness (QED) is 0.711. The maximum atomic E-state index is 12.0. The number of carbonyl (C=O) groups excluding carboxylic acids is 1. The van der Waals surface area contributed by atoms with Crippen LogP contribution < -0.4 is 0 Å². The van der Waals surface area contributed by atoms with Gasteiger partial charge in [0.15, 0.2) is 5.69 Å². The van der Waals surface area contributed by atoms with Crippen LogP contribution >= 0.6 is 0 Å². The van der Waals surface area contributed by atoms with Gasteiger partial charge in [-0.05, 0) is 26.8 Å². The molecule has 1 aromatic heterocycles. The van der Waals surface area contributed by atoms with E-state index in [0.29, 0.717) is 31.7 Å². The monoisotopic (exact) mass is 262 g/mol. The predicted octanol–water partition coefficient (Wildman–Crippen LogP) is 1.55. The molecule has 0 atom stereocenters. The third kappa shape index (κ3) is 3.25. The van der Waals surface area contributed by atoms with Crippen molar-refractivity contribution in [3.05, 3.63) is 17.5 Å². The minimum atomic E-state index is -0.481. The number of amides is 1. The minimum Gasteiger partial charge on any atom is -0.444 e. The summed E-state index contributed by atoms with van der Waals surface area (Å²) >= 11 is 0. The highest BCUT2D eigenvalue weighted by atomic mass is 16.6. The molecule has 1 amide bonds. The Morgan fingerprint density at radius 3 is 2.79 bits per heavy atom. The Morgan fingerprint density at radius 2 is 2.16 bits per heavy atom. The fourth-order valence-electron chi connectivity index (χ4n) is 1.99. The summed E-state index contributed by atoms with van der Waals surface area (Å²) in [6, 6.07) is 3.81. The van der Waals surface area contributed by atoms with Gasteiger partial charge in [-0.25, -0.2) is 4.79 Å². The summed E-state index contributed by atoms with van der Waals surface area (Å²) in [6.07, 6.45) is 0.396. The van der Waals surface area contributed by atoms with Crippen LogP contribution in [0.2, 0.25) is 0 Å². The Balaban J connectivity index is 2.02. The highest BCUT2D eigenvalue weighted by Crippen LogP contribution is 2.14. The van der Waals surface area contributed by atoms with Gasteiger partial charge in [0.1, 0.15) is 11.7 Å². The van der Waals surface area contributed by atoms with E-state index in [1.165, 1.54) is 0 Å². The maximum Gasteiger partial charge on any atom is 0.410 e. The van der Waals surface area contributed by atoms with Crippen molar-refractivity contribution < 1.29 is 9.53 Å². The fraction of sp³-hybridized carbons (Fsp3) is 0.615. The summed E-state index contributed by atoms with van der Waals surface area (Å²) in [5.41, 5.74) is 0.939. The van der Waals surface area contributed by atoms with Crippen molar-refractivity contribution in [1.82, 2.24) is 14.7 Å². The highest BCUT2D eigenvalue weighted by Gasteiger charge is 2.24. The van der Waals surface area contributed by atoms with Gasteiger partial charge in [-0.2, -0.15) is 10.4 Å². The number of hydrogen-bond donors (Lipinski definition) is 0. The Labute approximate surface area is 112 Å². The van der Waals surface area contributed by atoms with E-state index in [1.54, 1.807) is 15.6 Å². The summed E-state index contributed by atoms with van der Waals surface area (Å²) in [5.74, 6) is 0. The van der Waals surface area contributed by atoms with Crippen LogP contribution in [-0.4, -0.2) is 39.5 Å².